The molecule has 2 unspecified atom stereocenters. The molecule has 1 aromatic carbocycles. The van der Waals surface area contributed by atoms with Gasteiger partial charge in [-0.3, -0.25) is 0 Å². The molecule has 0 bridgehead atoms. The van der Waals surface area contributed by atoms with Crippen LogP contribution in [0.15, 0.2) is 24.3 Å². The molecule has 0 aromatic heterocycles. The molecule has 2 aliphatic rings. The van der Waals surface area contributed by atoms with Crippen molar-refractivity contribution in [1.29, 1.82) is 0 Å². The fourth-order valence-electron chi connectivity index (χ4n) is 2.97. The number of anilines is 1. The van der Waals surface area contributed by atoms with Crippen LogP contribution in [0, 0.1) is 0 Å². The van der Waals surface area contributed by atoms with Crippen LogP contribution >= 0.6 is 0 Å². The predicted molar refractivity (Wildman–Crippen MR) is 70.4 cm³/mol. The Morgan fingerprint density at radius 3 is 2.83 bits per heavy atom. The Balaban J connectivity index is 1.85. The Labute approximate surface area is 107 Å². The van der Waals surface area contributed by atoms with Gasteiger partial charge in [0.05, 0.1) is 23.1 Å². The number of hydrogen-bond donors (Lipinski definition) is 2. The third-order valence-corrected chi connectivity index (χ3v) is 5.78. The number of benzene rings is 1. The summed E-state index contributed by atoms with van der Waals surface area (Å²) in [6.07, 6.45) is 2.01. The average molecular weight is 267 g/mol. The van der Waals surface area contributed by atoms with E-state index in [9.17, 15) is 13.5 Å². The summed E-state index contributed by atoms with van der Waals surface area (Å²) in [7, 11) is -3.07. The van der Waals surface area contributed by atoms with Crippen LogP contribution in [0.2, 0.25) is 0 Å². The first kappa shape index (κ1) is 12.0. The molecular weight excluding hydrogens is 250 g/mol. The summed E-state index contributed by atoms with van der Waals surface area (Å²) >= 11 is 0. The van der Waals surface area contributed by atoms with Gasteiger partial charge in [0.25, 0.3) is 0 Å². The Bertz CT molecular complexity index is 569. The lowest BCUT2D eigenvalue weighted by molar-refractivity contribution is 0.0433. The van der Waals surface area contributed by atoms with E-state index in [1.807, 2.05) is 18.2 Å². The van der Waals surface area contributed by atoms with Gasteiger partial charge in [0.1, 0.15) is 0 Å². The van der Waals surface area contributed by atoms with Crippen LogP contribution in [0.25, 0.3) is 0 Å². The van der Waals surface area contributed by atoms with E-state index in [1.54, 1.807) is 0 Å². The van der Waals surface area contributed by atoms with Crippen LogP contribution in [0.5, 0.6) is 0 Å². The highest BCUT2D eigenvalue weighted by atomic mass is 32.2. The summed E-state index contributed by atoms with van der Waals surface area (Å²) in [5, 5.41) is 13.8. The minimum atomic E-state index is -3.07. The highest BCUT2D eigenvalue weighted by Crippen LogP contribution is 2.34. The molecule has 98 valence electrons. The first-order valence-corrected chi connectivity index (χ1v) is 8.08. The van der Waals surface area contributed by atoms with Crippen LogP contribution in [0.3, 0.4) is 0 Å². The number of aryl methyl sites for hydroxylation is 1. The van der Waals surface area contributed by atoms with Crippen LogP contribution in [-0.4, -0.2) is 36.7 Å². The molecule has 5 heteroatoms. The fraction of sp³-hybridized carbons (Fsp3) is 0.538. The van der Waals surface area contributed by atoms with Crippen molar-refractivity contribution >= 4 is 15.5 Å². The largest absolute Gasteiger partial charge is 0.387 e. The van der Waals surface area contributed by atoms with Crippen LogP contribution in [0.1, 0.15) is 18.4 Å². The van der Waals surface area contributed by atoms with E-state index in [0.717, 1.165) is 18.5 Å². The molecular formula is C13H17NO3S. The SMILES string of the molecule is O=S1(=O)CCC(O)(C2CCc3ccccc3N2)C1. The van der Waals surface area contributed by atoms with Gasteiger partial charge in [-0.1, -0.05) is 18.2 Å². The van der Waals surface area contributed by atoms with Gasteiger partial charge in [-0.2, -0.15) is 0 Å². The third-order valence-electron chi connectivity index (χ3n) is 4.01. The zero-order valence-corrected chi connectivity index (χ0v) is 10.9. The van der Waals surface area contributed by atoms with Gasteiger partial charge >= 0.3 is 0 Å². The number of hydrogen-bond acceptors (Lipinski definition) is 4. The van der Waals surface area contributed by atoms with Crippen LogP contribution < -0.4 is 5.32 Å². The van der Waals surface area contributed by atoms with E-state index in [0.29, 0.717) is 6.42 Å². The lowest BCUT2D eigenvalue weighted by Crippen LogP contribution is -2.49. The Hall–Kier alpha value is -1.07. The molecule has 0 radical (unpaired) electrons. The van der Waals surface area contributed by atoms with Gasteiger partial charge in [-0.15, -0.1) is 0 Å². The van der Waals surface area contributed by atoms with Crippen molar-refractivity contribution in [3.8, 4) is 0 Å². The summed E-state index contributed by atoms with van der Waals surface area (Å²) in [6, 6.07) is 7.83. The predicted octanol–water partition coefficient (Wildman–Crippen LogP) is 0.963. The molecule has 2 atom stereocenters. The molecule has 0 aliphatic carbocycles. The van der Waals surface area contributed by atoms with Gasteiger partial charge in [0, 0.05) is 5.69 Å². The van der Waals surface area contributed by atoms with Crippen LogP contribution in [-0.2, 0) is 16.3 Å². The number of sulfone groups is 1. The zero-order chi connectivity index (χ0) is 12.8. The number of rotatable bonds is 1. The van der Waals surface area contributed by atoms with Gasteiger partial charge in [0.15, 0.2) is 9.84 Å². The second-order valence-corrected chi connectivity index (χ2v) is 7.52. The average Bonchev–Trinajstić information content (AvgIpc) is 2.64. The molecule has 1 aromatic rings. The van der Waals surface area contributed by atoms with Gasteiger partial charge in [-0.25, -0.2) is 8.42 Å². The Kier molecular flexibility index (Phi) is 2.64. The molecule has 1 saturated heterocycles. The first-order valence-electron chi connectivity index (χ1n) is 6.26. The smallest absolute Gasteiger partial charge is 0.153 e. The van der Waals surface area contributed by atoms with Crippen molar-refractivity contribution in [3.05, 3.63) is 29.8 Å². The highest BCUT2D eigenvalue weighted by Gasteiger charge is 2.47. The maximum absolute atomic E-state index is 11.5. The number of para-hydroxylation sites is 1. The van der Waals surface area contributed by atoms with Crippen molar-refractivity contribution in [2.24, 2.45) is 0 Å². The molecule has 4 nitrogen and oxygen atoms in total. The second-order valence-electron chi connectivity index (χ2n) is 5.34. The normalized spacial score (nSPS) is 33.7. The van der Waals surface area contributed by atoms with E-state index in [-0.39, 0.29) is 17.5 Å². The molecule has 2 aliphatic heterocycles. The summed E-state index contributed by atoms with van der Waals surface area (Å²) in [6.45, 7) is 0. The minimum absolute atomic E-state index is 0.101. The number of nitrogens with one attached hydrogen (secondary N) is 1. The van der Waals surface area contributed by atoms with Crippen molar-refractivity contribution < 1.29 is 13.5 Å². The third kappa shape index (κ3) is 2.01. The van der Waals surface area contributed by atoms with E-state index in [1.165, 1.54) is 5.56 Å². The molecule has 18 heavy (non-hydrogen) atoms. The zero-order valence-electron chi connectivity index (χ0n) is 10.1. The summed E-state index contributed by atoms with van der Waals surface area (Å²) in [5.41, 5.74) is 1.15. The molecule has 3 rings (SSSR count). The topological polar surface area (TPSA) is 66.4 Å². The van der Waals surface area contributed by atoms with Crippen molar-refractivity contribution in [3.63, 3.8) is 0 Å². The number of aliphatic hydroxyl groups is 1. The quantitative estimate of drug-likeness (QED) is 0.795. The van der Waals surface area contributed by atoms with E-state index in [4.69, 9.17) is 0 Å². The molecule has 0 saturated carbocycles. The minimum Gasteiger partial charge on any atom is -0.387 e. The van der Waals surface area contributed by atoms with Crippen LogP contribution in [0.4, 0.5) is 5.69 Å². The first-order chi connectivity index (χ1) is 8.49. The molecule has 0 spiro atoms. The maximum atomic E-state index is 11.5. The summed E-state index contributed by atoms with van der Waals surface area (Å²) in [4.78, 5) is 0. The van der Waals surface area contributed by atoms with Crippen molar-refractivity contribution in [2.45, 2.75) is 30.9 Å². The summed E-state index contributed by atoms with van der Waals surface area (Å²) < 4.78 is 23.1. The van der Waals surface area contributed by atoms with Gasteiger partial charge in [-0.05, 0) is 30.9 Å². The monoisotopic (exact) mass is 267 g/mol. The van der Waals surface area contributed by atoms with Gasteiger partial charge in [0.2, 0.25) is 0 Å². The fourth-order valence-corrected chi connectivity index (χ4v) is 4.89. The Morgan fingerprint density at radius 1 is 1.33 bits per heavy atom. The second kappa shape index (κ2) is 3.96. The molecule has 2 heterocycles. The van der Waals surface area contributed by atoms with Crippen molar-refractivity contribution in [2.75, 3.05) is 16.8 Å². The number of fused-ring (bicyclic) bond motifs is 1. The van der Waals surface area contributed by atoms with Gasteiger partial charge < -0.3 is 10.4 Å². The molecule has 1 fully saturated rings. The molecule has 0 amide bonds. The highest BCUT2D eigenvalue weighted by molar-refractivity contribution is 7.91. The Morgan fingerprint density at radius 2 is 2.11 bits per heavy atom. The van der Waals surface area contributed by atoms with Crippen molar-refractivity contribution in [1.82, 2.24) is 0 Å². The lowest BCUT2D eigenvalue weighted by atomic mass is 9.85. The molecule has 2 N–H and O–H groups in total. The lowest BCUT2D eigenvalue weighted by Gasteiger charge is -2.36. The summed E-state index contributed by atoms with van der Waals surface area (Å²) in [5.74, 6) is -0.0108. The van der Waals surface area contributed by atoms with E-state index >= 15 is 0 Å². The standard InChI is InChI=1S/C13H17NO3S/c15-13(7-8-18(16,17)9-13)12-6-5-10-3-1-2-4-11(10)14-12/h1-4,12,14-15H,5-9H2. The maximum Gasteiger partial charge on any atom is 0.153 e. The van der Waals surface area contributed by atoms with E-state index < -0.39 is 15.4 Å². The van der Waals surface area contributed by atoms with E-state index in [2.05, 4.69) is 11.4 Å².